The number of pyridine rings is 1. The first-order valence-corrected chi connectivity index (χ1v) is 25.9. The topological polar surface area (TPSA) is 21.1 Å². The van der Waals surface area contributed by atoms with Crippen LogP contribution in [0, 0.1) is 0 Å². The van der Waals surface area contributed by atoms with E-state index >= 15 is 0 Å². The highest BCUT2D eigenvalue weighted by atomic mass is 15.1. The maximum Gasteiger partial charge on any atom is 0.0778 e. The molecular formula is C70H57N3. The summed E-state index contributed by atoms with van der Waals surface area (Å²) in [5.74, 6) is 0. The van der Waals surface area contributed by atoms with Gasteiger partial charge in [-0.2, -0.15) is 0 Å². The zero-order valence-corrected chi connectivity index (χ0v) is 41.9. The molecule has 0 spiro atoms. The number of anilines is 3. The fourth-order valence-electron chi connectivity index (χ4n) is 11.9. The Kier molecular flexibility index (Phi) is 11.9. The predicted octanol–water partition coefficient (Wildman–Crippen LogP) is 16.9. The summed E-state index contributed by atoms with van der Waals surface area (Å²) < 4.78 is 2.46. The lowest BCUT2D eigenvalue weighted by molar-refractivity contribution is 0.768. The van der Waals surface area contributed by atoms with Gasteiger partial charge >= 0.3 is 0 Å². The van der Waals surface area contributed by atoms with Gasteiger partial charge in [0.15, 0.2) is 0 Å². The van der Waals surface area contributed by atoms with Crippen LogP contribution in [0.1, 0.15) is 67.6 Å². The van der Waals surface area contributed by atoms with E-state index in [-0.39, 0.29) is 0 Å². The molecule has 0 saturated heterocycles. The number of rotatable bonds is 8. The SMILES string of the molecule is C/C=c1/ccc2cc(N(c3ccc(-c4ccc(-n5c6c(c7ccccc75)C=CCC6)cc4)cc3)c3ccc4c(c3)C(c3ccccc3)(c3ccccc3)c3cc(-c5ccccc5)ccc3-4)cnc2/c1=C/C.CC. The van der Waals surface area contributed by atoms with Crippen LogP contribution in [0.4, 0.5) is 17.1 Å². The molecule has 0 unspecified atom stereocenters. The fourth-order valence-corrected chi connectivity index (χ4v) is 11.9. The van der Waals surface area contributed by atoms with Crippen LogP contribution in [0.25, 0.3) is 79.1 Å². The Morgan fingerprint density at radius 1 is 0.521 bits per heavy atom. The molecule has 352 valence electrons. The average Bonchev–Trinajstić information content (AvgIpc) is 3.96. The molecule has 0 amide bonds. The Bertz CT molecular complexity index is 3940. The molecule has 0 N–H and O–H groups in total. The van der Waals surface area contributed by atoms with Gasteiger partial charge in [0.05, 0.1) is 28.3 Å². The van der Waals surface area contributed by atoms with Gasteiger partial charge in [-0.25, -0.2) is 0 Å². The van der Waals surface area contributed by atoms with E-state index in [9.17, 15) is 0 Å². The molecule has 2 aliphatic carbocycles. The van der Waals surface area contributed by atoms with Crippen molar-refractivity contribution >= 4 is 57.1 Å². The minimum absolute atomic E-state index is 0.598. The van der Waals surface area contributed by atoms with Gasteiger partial charge in [0.25, 0.3) is 0 Å². The largest absolute Gasteiger partial charge is 0.313 e. The highest BCUT2D eigenvalue weighted by molar-refractivity contribution is 5.95. The second kappa shape index (κ2) is 19.1. The third-order valence-electron chi connectivity index (χ3n) is 15.1. The van der Waals surface area contributed by atoms with Gasteiger partial charge in [0.1, 0.15) is 0 Å². The Morgan fingerprint density at radius 3 is 1.79 bits per heavy atom. The molecule has 73 heavy (non-hydrogen) atoms. The number of benzene rings is 9. The van der Waals surface area contributed by atoms with E-state index in [1.165, 1.54) is 83.1 Å². The molecule has 0 atom stereocenters. The molecule has 0 bridgehead atoms. The summed E-state index contributed by atoms with van der Waals surface area (Å²) in [4.78, 5) is 7.63. The number of hydrogen-bond donors (Lipinski definition) is 0. The summed E-state index contributed by atoms with van der Waals surface area (Å²) in [5, 5.41) is 4.75. The van der Waals surface area contributed by atoms with Gasteiger partial charge in [-0.1, -0.05) is 202 Å². The smallest absolute Gasteiger partial charge is 0.0778 e. The first-order valence-electron chi connectivity index (χ1n) is 25.9. The summed E-state index contributed by atoms with van der Waals surface area (Å²) in [6.07, 6.45) is 13.1. The fraction of sp³-hybridized carbons (Fsp3) is 0.100. The number of nitrogens with zero attached hydrogens (tertiary/aromatic N) is 3. The van der Waals surface area contributed by atoms with Gasteiger partial charge in [0.2, 0.25) is 0 Å². The van der Waals surface area contributed by atoms with E-state index in [0.717, 1.165) is 51.6 Å². The van der Waals surface area contributed by atoms with Crippen molar-refractivity contribution in [1.29, 1.82) is 0 Å². The van der Waals surface area contributed by atoms with Crippen molar-refractivity contribution in [1.82, 2.24) is 9.55 Å². The maximum atomic E-state index is 5.24. The van der Waals surface area contributed by atoms with Crippen molar-refractivity contribution in [2.24, 2.45) is 0 Å². The highest BCUT2D eigenvalue weighted by Crippen LogP contribution is 2.58. The summed E-state index contributed by atoms with van der Waals surface area (Å²) in [7, 11) is 0. The zero-order chi connectivity index (χ0) is 49.5. The maximum absolute atomic E-state index is 5.24. The Labute approximate surface area is 429 Å². The van der Waals surface area contributed by atoms with Crippen LogP contribution >= 0.6 is 0 Å². The Morgan fingerprint density at radius 2 is 1.11 bits per heavy atom. The van der Waals surface area contributed by atoms with Crippen LogP contribution in [0.5, 0.6) is 0 Å². The van der Waals surface area contributed by atoms with Crippen molar-refractivity contribution in [3.63, 3.8) is 0 Å². The first-order chi connectivity index (χ1) is 36.1. The van der Waals surface area contributed by atoms with Crippen LogP contribution in [0.3, 0.4) is 0 Å². The lowest BCUT2D eigenvalue weighted by Crippen LogP contribution is -2.29. The third kappa shape index (κ3) is 7.54. The van der Waals surface area contributed by atoms with Crippen LogP contribution < -0.4 is 15.3 Å². The van der Waals surface area contributed by atoms with Crippen LogP contribution in [0.15, 0.2) is 231 Å². The van der Waals surface area contributed by atoms with Crippen molar-refractivity contribution in [2.45, 2.75) is 46.0 Å². The van der Waals surface area contributed by atoms with E-state index in [1.807, 2.05) is 13.8 Å². The van der Waals surface area contributed by atoms with Gasteiger partial charge < -0.3 is 9.47 Å². The van der Waals surface area contributed by atoms with Crippen molar-refractivity contribution < 1.29 is 0 Å². The van der Waals surface area contributed by atoms with E-state index in [0.29, 0.717) is 0 Å². The third-order valence-corrected chi connectivity index (χ3v) is 15.1. The zero-order valence-electron chi connectivity index (χ0n) is 41.9. The number of fused-ring (bicyclic) bond motifs is 7. The quantitative estimate of drug-likeness (QED) is 0.151. The molecule has 0 radical (unpaired) electrons. The molecule has 11 aromatic rings. The van der Waals surface area contributed by atoms with Crippen LogP contribution in [0.2, 0.25) is 0 Å². The van der Waals surface area contributed by atoms with E-state index in [4.69, 9.17) is 4.98 Å². The number of hydrogen-bond acceptors (Lipinski definition) is 2. The summed E-state index contributed by atoms with van der Waals surface area (Å²) in [5.41, 5.74) is 20.9. The van der Waals surface area contributed by atoms with E-state index in [2.05, 4.69) is 272 Å². The van der Waals surface area contributed by atoms with Gasteiger partial charge in [-0.3, -0.25) is 4.98 Å². The molecule has 2 aromatic heterocycles. The number of aromatic nitrogens is 2. The summed E-state index contributed by atoms with van der Waals surface area (Å²) >= 11 is 0. The molecule has 9 aromatic carbocycles. The minimum Gasteiger partial charge on any atom is -0.313 e. The number of allylic oxidation sites excluding steroid dienone is 1. The summed E-state index contributed by atoms with van der Waals surface area (Å²) in [6, 6.07) is 80.8. The predicted molar refractivity (Wildman–Crippen MR) is 310 cm³/mol. The molecule has 0 aliphatic heterocycles. The first kappa shape index (κ1) is 45.4. The van der Waals surface area contributed by atoms with Crippen molar-refractivity contribution in [2.75, 3.05) is 4.90 Å². The molecule has 0 fully saturated rings. The van der Waals surface area contributed by atoms with Crippen LogP contribution in [-0.4, -0.2) is 9.55 Å². The Hall–Kier alpha value is -8.79. The molecule has 3 heteroatoms. The Balaban J connectivity index is 0.00000268. The molecule has 0 saturated carbocycles. The standard InChI is InChI=1S/C68H51N3.C2H6/c1-3-46-28-29-51-42-57(45-69-67(51)58(46)4-2)70(54-35-30-48(31-36-54)49-32-37-55(38-33-49)71-65-26-16-14-24-61(65)62-25-15-17-27-66(62)71)56-39-41-60-59-40-34-50(47-18-8-5-9-19-47)43-63(59)68(64(60)44-56,52-20-10-6-11-21-52)53-22-12-7-13-23-53;1-2/h3-16,18-26,28-45H,17,27H2,1-2H3;1-2H3/b46-3-,58-4+;. The van der Waals surface area contributed by atoms with Crippen molar-refractivity contribution in [3.8, 4) is 39.1 Å². The molecule has 2 heterocycles. The normalized spacial score (nSPS) is 13.6. The average molecular weight is 940 g/mol. The molecular weight excluding hydrogens is 883 g/mol. The van der Waals surface area contributed by atoms with Gasteiger partial charge in [-0.15, -0.1) is 0 Å². The lowest BCUT2D eigenvalue weighted by atomic mass is 9.67. The van der Waals surface area contributed by atoms with Gasteiger partial charge in [-0.05, 0) is 142 Å². The highest BCUT2D eigenvalue weighted by Gasteiger charge is 2.46. The molecule has 2 aliphatic rings. The second-order valence-electron chi connectivity index (χ2n) is 18.8. The second-order valence-corrected chi connectivity index (χ2v) is 18.8. The number of para-hydroxylation sites is 1. The van der Waals surface area contributed by atoms with Crippen molar-refractivity contribution in [3.05, 3.63) is 275 Å². The minimum atomic E-state index is -0.598. The van der Waals surface area contributed by atoms with Crippen LogP contribution in [-0.2, 0) is 11.8 Å². The molecule has 3 nitrogen and oxygen atoms in total. The molecule has 13 rings (SSSR count). The monoisotopic (exact) mass is 939 g/mol. The summed E-state index contributed by atoms with van der Waals surface area (Å²) in [6.45, 7) is 8.19. The lowest BCUT2D eigenvalue weighted by Gasteiger charge is -2.35. The van der Waals surface area contributed by atoms with Gasteiger partial charge in [0, 0.05) is 44.3 Å². The van der Waals surface area contributed by atoms with E-state index in [1.54, 1.807) is 0 Å². The van der Waals surface area contributed by atoms with E-state index < -0.39 is 5.41 Å².